The summed E-state index contributed by atoms with van der Waals surface area (Å²) < 4.78 is 0. The predicted molar refractivity (Wildman–Crippen MR) is 42.1 cm³/mol. The molecule has 0 aromatic carbocycles. The molecule has 0 nitrogen and oxygen atoms in total. The first kappa shape index (κ1) is 6.93. The van der Waals surface area contributed by atoms with Crippen LogP contribution in [0.25, 0.3) is 0 Å². The summed E-state index contributed by atoms with van der Waals surface area (Å²) in [4.78, 5) is 0. The second-order valence-electron chi connectivity index (χ2n) is 0.129. The molecule has 0 aliphatic rings. The Balaban J connectivity index is 2.32. The zero-order valence-electron chi connectivity index (χ0n) is 1.44. The average Bonchev–Trinajstić information content (AvgIpc) is 0.811. The van der Waals surface area contributed by atoms with E-state index in [1.54, 1.807) is 0 Å². The minimum absolute atomic E-state index is 0.294. The van der Waals surface area contributed by atoms with Crippen LogP contribution in [-0.4, -0.2) is 0 Å². The minimum atomic E-state index is -0.294. The van der Waals surface area contributed by atoms with E-state index < -0.39 is 0 Å². The van der Waals surface area contributed by atoms with Gasteiger partial charge in [-0.3, -0.25) is 0 Å². The van der Waals surface area contributed by atoms with Gasteiger partial charge < -0.3 is 0 Å². The molecule has 0 aromatic rings. The van der Waals surface area contributed by atoms with Gasteiger partial charge in [0, 0.05) is 0 Å². The van der Waals surface area contributed by atoms with Crippen LogP contribution in [0.3, 0.4) is 0 Å². The topological polar surface area (TPSA) is 0 Å². The molecule has 0 atom stereocenters. The molecular weight excluding hydrogens is 578 g/mol. The summed E-state index contributed by atoms with van der Waals surface area (Å²) in [5, 5.41) is 0. The summed E-state index contributed by atoms with van der Waals surface area (Å²) in [6.07, 6.45) is 0. The average molecular weight is 578 g/mol. The third-order valence-corrected chi connectivity index (χ3v) is 0. The van der Waals surface area contributed by atoms with Crippen LogP contribution in [0.15, 0.2) is 0 Å². The maximum atomic E-state index is 2.46. The normalized spacial score (nSPS) is 11.2. The molecule has 0 bridgehead atoms. The molecule has 0 aliphatic heterocycles. The first-order valence-electron chi connectivity index (χ1n) is 0.342. The van der Waals surface area contributed by atoms with Gasteiger partial charge in [0.1, 0.15) is 0 Å². The van der Waals surface area contributed by atoms with Gasteiger partial charge in [-0.2, -0.15) is 0 Å². The van der Waals surface area contributed by atoms with Gasteiger partial charge in [-0.15, -0.1) is 0 Å². The van der Waals surface area contributed by atoms with Gasteiger partial charge in [0.15, 0.2) is 0 Å². The molecule has 0 heterocycles. The fourth-order valence-corrected chi connectivity index (χ4v) is 0. The standard InChI is InChI=1S/Au.3HI/h;3*1H/q+3;;;/p-3. The molecular formula is AuI3. The van der Waals surface area contributed by atoms with E-state index in [0.717, 1.165) is 0 Å². The van der Waals surface area contributed by atoms with Gasteiger partial charge >= 0.3 is 64.1 Å². The Kier molecular flexibility index (Phi) is 7.10. The van der Waals surface area contributed by atoms with E-state index in [-0.39, 0.29) is 6.99 Å². The second kappa shape index (κ2) is 4.10. The van der Waals surface area contributed by atoms with Crippen molar-refractivity contribution >= 4 is 57.1 Å². The van der Waals surface area contributed by atoms with Crippen molar-refractivity contribution in [2.24, 2.45) is 0 Å². The molecule has 0 saturated carbocycles. The molecule has 0 amide bonds. The third-order valence-electron chi connectivity index (χ3n) is 0. The Morgan fingerprint density at radius 3 is 1.00 bits per heavy atom. The number of rotatable bonds is 0. The summed E-state index contributed by atoms with van der Waals surface area (Å²) in [5.41, 5.74) is 0. The molecule has 4 heavy (non-hydrogen) atoms. The van der Waals surface area contributed by atoms with E-state index >= 15 is 0 Å². The Bertz CT molecular complexity index is 8.00. The summed E-state index contributed by atoms with van der Waals surface area (Å²) in [5.74, 6) is 0. The van der Waals surface area contributed by atoms with Crippen molar-refractivity contribution in [3.63, 3.8) is 0 Å². The Labute approximate surface area is 62.2 Å². The van der Waals surface area contributed by atoms with Crippen molar-refractivity contribution in [1.82, 2.24) is 0 Å². The van der Waals surface area contributed by atoms with Crippen LogP contribution >= 0.6 is 57.1 Å². The second-order valence-corrected chi connectivity index (χ2v) is 47.6. The van der Waals surface area contributed by atoms with Gasteiger partial charge in [0.2, 0.25) is 0 Å². The number of halogens is 3. The van der Waals surface area contributed by atoms with Gasteiger partial charge in [-0.25, -0.2) is 0 Å². The van der Waals surface area contributed by atoms with Crippen molar-refractivity contribution in [2.45, 2.75) is 0 Å². The van der Waals surface area contributed by atoms with Crippen LogP contribution in [0.4, 0.5) is 0 Å². The van der Waals surface area contributed by atoms with Crippen molar-refractivity contribution in [3.8, 4) is 0 Å². The van der Waals surface area contributed by atoms with Gasteiger partial charge in [0.25, 0.3) is 0 Å². The molecule has 0 N–H and O–H groups in total. The molecule has 0 fully saturated rings. The van der Waals surface area contributed by atoms with E-state index in [9.17, 15) is 0 Å². The zero-order valence-corrected chi connectivity index (χ0v) is 10.1. The molecule has 0 rings (SSSR count). The van der Waals surface area contributed by atoms with Crippen LogP contribution < -0.4 is 0 Å². The predicted octanol–water partition coefficient (Wildman–Crippen LogP) is 2.65. The van der Waals surface area contributed by atoms with Crippen molar-refractivity contribution < 1.29 is 6.99 Å². The Morgan fingerprint density at radius 1 is 1.00 bits per heavy atom. The molecule has 0 saturated heterocycles. The summed E-state index contributed by atoms with van der Waals surface area (Å²) >= 11 is 7.39. The van der Waals surface area contributed by atoms with Crippen molar-refractivity contribution in [1.29, 1.82) is 0 Å². The molecule has 0 spiro atoms. The molecule has 0 radical (unpaired) electrons. The van der Waals surface area contributed by atoms with Crippen LogP contribution in [0.1, 0.15) is 0 Å². The molecule has 0 aromatic heterocycles. The first-order valence-corrected chi connectivity index (χ1v) is 18.8. The first-order chi connectivity index (χ1) is 1.73. The molecule has 0 aliphatic carbocycles. The van der Waals surface area contributed by atoms with Crippen LogP contribution in [0, 0.1) is 0 Å². The SMILES string of the molecule is [I][Au]([I])[I]. The van der Waals surface area contributed by atoms with Gasteiger partial charge in [0.05, 0.1) is 0 Å². The van der Waals surface area contributed by atoms with Crippen molar-refractivity contribution in [2.75, 3.05) is 0 Å². The third kappa shape index (κ3) is 8.87. The zero-order chi connectivity index (χ0) is 3.58. The van der Waals surface area contributed by atoms with Crippen LogP contribution in [-0.2, 0) is 6.99 Å². The summed E-state index contributed by atoms with van der Waals surface area (Å²) in [6.45, 7) is -0.294. The quantitative estimate of drug-likeness (QED) is 0.307. The number of hydrogen-bond acceptors (Lipinski definition) is 0. The van der Waals surface area contributed by atoms with Crippen LogP contribution in [0.5, 0.6) is 0 Å². The van der Waals surface area contributed by atoms with Crippen molar-refractivity contribution in [3.05, 3.63) is 0 Å². The Morgan fingerprint density at radius 2 is 1.00 bits per heavy atom. The van der Waals surface area contributed by atoms with Crippen LogP contribution in [0.2, 0.25) is 0 Å². The molecule has 4 heteroatoms. The van der Waals surface area contributed by atoms with E-state index in [0.29, 0.717) is 0 Å². The number of hydrogen-bond donors (Lipinski definition) is 0. The summed E-state index contributed by atoms with van der Waals surface area (Å²) in [7, 11) is 0. The van der Waals surface area contributed by atoms with Gasteiger partial charge in [-0.1, -0.05) is 0 Å². The Hall–Kier alpha value is 2.93. The fraction of sp³-hybridized carbons (Fsp3) is 0. The van der Waals surface area contributed by atoms with E-state index in [1.807, 2.05) is 0 Å². The fourth-order valence-electron chi connectivity index (χ4n) is 0. The van der Waals surface area contributed by atoms with Gasteiger partial charge in [-0.05, 0) is 0 Å². The van der Waals surface area contributed by atoms with E-state index in [1.165, 1.54) is 0 Å². The summed E-state index contributed by atoms with van der Waals surface area (Å²) in [6, 6.07) is 0. The molecule has 32 valence electrons. The monoisotopic (exact) mass is 578 g/mol. The maximum absolute atomic E-state index is 2.46. The van der Waals surface area contributed by atoms with E-state index in [4.69, 9.17) is 0 Å². The molecule has 0 unspecified atom stereocenters. The van der Waals surface area contributed by atoms with E-state index in [2.05, 4.69) is 57.1 Å².